The Hall–Kier alpha value is -4.13. The zero-order chi connectivity index (χ0) is 23.2. The molecule has 4 rings (SSSR count). The van der Waals surface area contributed by atoms with Crippen LogP contribution in [0.1, 0.15) is 18.8 Å². The normalized spacial score (nSPS) is 11.7. The van der Waals surface area contributed by atoms with E-state index in [0.29, 0.717) is 11.6 Å². The molecule has 168 valence electrons. The summed E-state index contributed by atoms with van der Waals surface area (Å²) in [6.45, 7) is 1.84. The number of fused-ring (bicyclic) bond motifs is 1. The summed E-state index contributed by atoms with van der Waals surface area (Å²) in [6.07, 6.45) is 0. The standard InChI is InChI=1S/C26H26N4O3/c1-19(27-24(31)18-33-21-13-7-4-8-14-21)26-28-22-15-9-10-16-23(22)30(26)17-25(32)29(2)20-11-5-3-6-12-20/h3-16,19H,17-18H2,1-2H3,(H,27,31). The van der Waals surface area contributed by atoms with Crippen molar-refractivity contribution in [1.29, 1.82) is 0 Å². The average Bonchev–Trinajstić information content (AvgIpc) is 3.22. The topological polar surface area (TPSA) is 76.5 Å². The number of ether oxygens (including phenoxy) is 1. The number of anilines is 1. The molecule has 1 N–H and O–H groups in total. The summed E-state index contributed by atoms with van der Waals surface area (Å²) >= 11 is 0. The van der Waals surface area contributed by atoms with Crippen molar-refractivity contribution >= 4 is 28.5 Å². The first-order chi connectivity index (χ1) is 16.0. The maximum Gasteiger partial charge on any atom is 0.258 e. The molecule has 1 aromatic heterocycles. The minimum absolute atomic E-state index is 0.0865. The maximum atomic E-state index is 13.1. The second-order valence-corrected chi connectivity index (χ2v) is 7.72. The molecular weight excluding hydrogens is 416 g/mol. The van der Waals surface area contributed by atoms with Gasteiger partial charge in [-0.15, -0.1) is 0 Å². The SMILES string of the molecule is CC(NC(=O)COc1ccccc1)c1nc2ccccc2n1CC(=O)N(C)c1ccccc1. The van der Waals surface area contributed by atoms with E-state index in [4.69, 9.17) is 9.72 Å². The molecule has 7 heteroatoms. The number of benzene rings is 3. The predicted molar refractivity (Wildman–Crippen MR) is 128 cm³/mol. The van der Waals surface area contributed by atoms with Crippen LogP contribution in [-0.4, -0.2) is 35.0 Å². The Morgan fingerprint density at radius 1 is 0.970 bits per heavy atom. The van der Waals surface area contributed by atoms with Gasteiger partial charge in [-0.05, 0) is 43.3 Å². The number of hydrogen-bond donors (Lipinski definition) is 1. The van der Waals surface area contributed by atoms with Crippen LogP contribution in [0.25, 0.3) is 11.0 Å². The fourth-order valence-corrected chi connectivity index (χ4v) is 3.64. The molecule has 33 heavy (non-hydrogen) atoms. The molecule has 0 aliphatic heterocycles. The van der Waals surface area contributed by atoms with Gasteiger partial charge in [0.25, 0.3) is 5.91 Å². The molecule has 0 saturated heterocycles. The van der Waals surface area contributed by atoms with E-state index >= 15 is 0 Å². The number of hydrogen-bond acceptors (Lipinski definition) is 4. The monoisotopic (exact) mass is 442 g/mol. The highest BCUT2D eigenvalue weighted by molar-refractivity contribution is 5.93. The molecule has 0 bridgehead atoms. The molecule has 0 spiro atoms. The highest BCUT2D eigenvalue weighted by atomic mass is 16.5. The molecule has 3 aromatic carbocycles. The van der Waals surface area contributed by atoms with Crippen LogP contribution in [0.3, 0.4) is 0 Å². The zero-order valence-electron chi connectivity index (χ0n) is 18.6. The molecule has 1 atom stereocenters. The van der Waals surface area contributed by atoms with Gasteiger partial charge in [0, 0.05) is 12.7 Å². The number of nitrogens with zero attached hydrogens (tertiary/aromatic N) is 3. The first-order valence-electron chi connectivity index (χ1n) is 10.8. The maximum absolute atomic E-state index is 13.1. The Kier molecular flexibility index (Phi) is 6.69. The first-order valence-corrected chi connectivity index (χ1v) is 10.8. The third-order valence-electron chi connectivity index (χ3n) is 5.37. The molecule has 4 aromatic rings. The van der Waals surface area contributed by atoms with E-state index in [1.807, 2.05) is 84.3 Å². The van der Waals surface area contributed by atoms with E-state index in [1.54, 1.807) is 24.1 Å². The van der Waals surface area contributed by atoms with Crippen molar-refractivity contribution in [2.75, 3.05) is 18.6 Å². The van der Waals surface area contributed by atoms with Crippen LogP contribution in [0.4, 0.5) is 5.69 Å². The van der Waals surface area contributed by atoms with E-state index in [0.717, 1.165) is 16.7 Å². The van der Waals surface area contributed by atoms with E-state index < -0.39 is 6.04 Å². The Morgan fingerprint density at radius 3 is 2.33 bits per heavy atom. The van der Waals surface area contributed by atoms with Crippen molar-refractivity contribution in [3.63, 3.8) is 0 Å². The molecular formula is C26H26N4O3. The molecule has 1 unspecified atom stereocenters. The molecule has 2 amide bonds. The quantitative estimate of drug-likeness (QED) is 0.448. The minimum Gasteiger partial charge on any atom is -0.484 e. The first kappa shape index (κ1) is 22.1. The lowest BCUT2D eigenvalue weighted by Crippen LogP contribution is -2.34. The third-order valence-corrected chi connectivity index (χ3v) is 5.37. The van der Waals surface area contributed by atoms with Crippen LogP contribution in [0.5, 0.6) is 5.75 Å². The lowest BCUT2D eigenvalue weighted by Gasteiger charge is -2.20. The Labute approximate surface area is 192 Å². The summed E-state index contributed by atoms with van der Waals surface area (Å²) in [5.74, 6) is 0.885. The highest BCUT2D eigenvalue weighted by Gasteiger charge is 2.21. The van der Waals surface area contributed by atoms with Crippen molar-refractivity contribution in [1.82, 2.24) is 14.9 Å². The van der Waals surface area contributed by atoms with E-state index in [1.165, 1.54) is 0 Å². The molecule has 0 fully saturated rings. The smallest absolute Gasteiger partial charge is 0.258 e. The third kappa shape index (κ3) is 5.20. The summed E-state index contributed by atoms with van der Waals surface area (Å²) in [5.41, 5.74) is 2.42. The van der Waals surface area contributed by atoms with E-state index in [9.17, 15) is 9.59 Å². The summed E-state index contributed by atoms with van der Waals surface area (Å²) in [5, 5.41) is 2.93. The van der Waals surface area contributed by atoms with Crippen molar-refractivity contribution in [3.05, 3.63) is 90.8 Å². The summed E-state index contributed by atoms with van der Waals surface area (Å²) in [7, 11) is 1.75. The van der Waals surface area contributed by atoms with Gasteiger partial charge in [-0.3, -0.25) is 9.59 Å². The Bertz CT molecular complexity index is 1240. The number of imidazole rings is 1. The molecule has 1 heterocycles. The van der Waals surface area contributed by atoms with Crippen LogP contribution in [-0.2, 0) is 16.1 Å². The van der Waals surface area contributed by atoms with Gasteiger partial charge in [0.1, 0.15) is 18.1 Å². The lowest BCUT2D eigenvalue weighted by molar-refractivity contribution is -0.123. The summed E-state index contributed by atoms with van der Waals surface area (Å²) in [6, 6.07) is 25.9. The number of nitrogens with one attached hydrogen (secondary N) is 1. The van der Waals surface area contributed by atoms with E-state index in [-0.39, 0.29) is 25.0 Å². The number of aromatic nitrogens is 2. The number of para-hydroxylation sites is 4. The van der Waals surface area contributed by atoms with Crippen molar-refractivity contribution < 1.29 is 14.3 Å². The molecule has 7 nitrogen and oxygen atoms in total. The van der Waals surface area contributed by atoms with Gasteiger partial charge in [0.05, 0.1) is 17.1 Å². The van der Waals surface area contributed by atoms with Gasteiger partial charge < -0.3 is 19.5 Å². The molecule has 0 aliphatic carbocycles. The van der Waals surface area contributed by atoms with Crippen LogP contribution < -0.4 is 15.0 Å². The molecule has 0 aliphatic rings. The van der Waals surface area contributed by atoms with Crippen LogP contribution >= 0.6 is 0 Å². The van der Waals surface area contributed by atoms with Gasteiger partial charge in [-0.25, -0.2) is 4.98 Å². The van der Waals surface area contributed by atoms with Gasteiger partial charge in [0.15, 0.2) is 6.61 Å². The lowest BCUT2D eigenvalue weighted by atomic mass is 10.2. The Morgan fingerprint density at radius 2 is 1.61 bits per heavy atom. The zero-order valence-corrected chi connectivity index (χ0v) is 18.6. The number of rotatable bonds is 8. The van der Waals surface area contributed by atoms with Crippen LogP contribution in [0.15, 0.2) is 84.9 Å². The predicted octanol–water partition coefficient (Wildman–Crippen LogP) is 3.96. The van der Waals surface area contributed by atoms with Gasteiger partial charge in [0.2, 0.25) is 5.91 Å². The average molecular weight is 443 g/mol. The van der Waals surface area contributed by atoms with Gasteiger partial charge in [-0.1, -0.05) is 48.5 Å². The van der Waals surface area contributed by atoms with Crippen molar-refractivity contribution in [2.45, 2.75) is 19.5 Å². The highest BCUT2D eigenvalue weighted by Crippen LogP contribution is 2.22. The number of carbonyl (C=O) groups is 2. The van der Waals surface area contributed by atoms with Crippen molar-refractivity contribution in [3.8, 4) is 5.75 Å². The fraction of sp³-hybridized carbons (Fsp3) is 0.192. The molecule has 0 saturated carbocycles. The van der Waals surface area contributed by atoms with Crippen LogP contribution in [0.2, 0.25) is 0 Å². The summed E-state index contributed by atoms with van der Waals surface area (Å²) < 4.78 is 7.40. The second kappa shape index (κ2) is 9.99. The minimum atomic E-state index is -0.417. The molecule has 0 radical (unpaired) electrons. The number of amides is 2. The summed E-state index contributed by atoms with van der Waals surface area (Å²) in [4.78, 5) is 31.9. The van der Waals surface area contributed by atoms with Gasteiger partial charge in [-0.2, -0.15) is 0 Å². The second-order valence-electron chi connectivity index (χ2n) is 7.72. The fourth-order valence-electron chi connectivity index (χ4n) is 3.64. The van der Waals surface area contributed by atoms with Gasteiger partial charge >= 0.3 is 0 Å². The Balaban J connectivity index is 1.51. The van der Waals surface area contributed by atoms with E-state index in [2.05, 4.69) is 5.32 Å². The number of carbonyl (C=O) groups excluding carboxylic acids is 2. The number of likely N-dealkylation sites (N-methyl/N-ethyl adjacent to an activating group) is 1. The van der Waals surface area contributed by atoms with Crippen molar-refractivity contribution in [2.24, 2.45) is 0 Å². The largest absolute Gasteiger partial charge is 0.484 e. The van der Waals surface area contributed by atoms with Crippen LogP contribution in [0, 0.1) is 0 Å².